The Balaban J connectivity index is 1.84. The van der Waals surface area contributed by atoms with Gasteiger partial charge in [-0.1, -0.05) is 12.8 Å². The fourth-order valence-corrected chi connectivity index (χ4v) is 3.34. The monoisotopic (exact) mass is 219 g/mol. The molecule has 16 heavy (non-hydrogen) atoms. The lowest BCUT2D eigenvalue weighted by atomic mass is 9.84. The van der Waals surface area contributed by atoms with E-state index in [2.05, 4.69) is 10.2 Å². The first-order chi connectivity index (χ1) is 7.88. The summed E-state index contributed by atoms with van der Waals surface area (Å²) in [5.41, 5.74) is 10.1. The van der Waals surface area contributed by atoms with Crippen LogP contribution in [0.2, 0.25) is 0 Å². The highest BCUT2D eigenvalue weighted by molar-refractivity contribution is 5.31. The van der Waals surface area contributed by atoms with Crippen molar-refractivity contribution >= 4 is 0 Å². The first-order valence-electron chi connectivity index (χ1n) is 6.64. The lowest BCUT2D eigenvalue weighted by molar-refractivity contribution is 0.462. The van der Waals surface area contributed by atoms with Gasteiger partial charge in [0, 0.05) is 11.6 Å². The van der Waals surface area contributed by atoms with Crippen molar-refractivity contribution < 1.29 is 0 Å². The van der Waals surface area contributed by atoms with Crippen LogP contribution in [0.4, 0.5) is 0 Å². The van der Waals surface area contributed by atoms with Crippen LogP contribution in [0.3, 0.4) is 0 Å². The van der Waals surface area contributed by atoms with Crippen LogP contribution in [0.15, 0.2) is 0 Å². The van der Waals surface area contributed by atoms with E-state index in [0.717, 1.165) is 18.9 Å². The maximum absolute atomic E-state index is 5.76. The van der Waals surface area contributed by atoms with E-state index in [0.29, 0.717) is 5.92 Å². The van der Waals surface area contributed by atoms with Crippen molar-refractivity contribution in [3.63, 3.8) is 0 Å². The highest BCUT2D eigenvalue weighted by Gasteiger charge is 2.27. The number of fused-ring (bicyclic) bond motifs is 1. The second-order valence-corrected chi connectivity index (χ2v) is 5.39. The summed E-state index contributed by atoms with van der Waals surface area (Å²) in [5, 5.41) is 7.84. The molecule has 1 fully saturated rings. The van der Waals surface area contributed by atoms with Crippen molar-refractivity contribution in [1.29, 1.82) is 0 Å². The van der Waals surface area contributed by atoms with Gasteiger partial charge < -0.3 is 5.73 Å². The molecule has 3 heteroatoms. The molecule has 3 rings (SSSR count). The molecule has 0 saturated heterocycles. The maximum atomic E-state index is 5.76. The molecule has 1 aromatic heterocycles. The summed E-state index contributed by atoms with van der Waals surface area (Å²) in [4.78, 5) is 0. The minimum atomic E-state index is 0.671. The lowest BCUT2D eigenvalue weighted by Crippen LogP contribution is -2.22. The van der Waals surface area contributed by atoms with E-state index in [1.807, 2.05) is 0 Å². The second-order valence-electron chi connectivity index (χ2n) is 5.39. The molecule has 1 aromatic rings. The summed E-state index contributed by atoms with van der Waals surface area (Å²) in [6.07, 6.45) is 9.03. The standard InChI is InChI=1S/C13H21N3/c14-8-9-5-6-11-12(7-9)15-16-13(11)10-3-1-2-4-10/h9-10H,1-8,14H2,(H,15,16). The van der Waals surface area contributed by atoms with Crippen LogP contribution < -0.4 is 5.73 Å². The van der Waals surface area contributed by atoms with Gasteiger partial charge in [0.2, 0.25) is 0 Å². The molecule has 0 aromatic carbocycles. The molecule has 1 unspecified atom stereocenters. The first kappa shape index (κ1) is 10.3. The molecule has 2 aliphatic rings. The van der Waals surface area contributed by atoms with Gasteiger partial charge in [-0.25, -0.2) is 0 Å². The largest absolute Gasteiger partial charge is 0.330 e. The van der Waals surface area contributed by atoms with E-state index in [4.69, 9.17) is 5.73 Å². The van der Waals surface area contributed by atoms with Crippen LogP contribution >= 0.6 is 0 Å². The fourth-order valence-electron chi connectivity index (χ4n) is 3.34. The molecule has 88 valence electrons. The van der Waals surface area contributed by atoms with Gasteiger partial charge in [-0.05, 0) is 50.1 Å². The summed E-state index contributed by atoms with van der Waals surface area (Å²) in [7, 11) is 0. The topological polar surface area (TPSA) is 54.7 Å². The lowest BCUT2D eigenvalue weighted by Gasteiger charge is -2.21. The van der Waals surface area contributed by atoms with Gasteiger partial charge in [-0.3, -0.25) is 5.10 Å². The minimum Gasteiger partial charge on any atom is -0.330 e. The maximum Gasteiger partial charge on any atom is 0.0687 e. The van der Waals surface area contributed by atoms with Gasteiger partial charge in [0.05, 0.1) is 5.69 Å². The third kappa shape index (κ3) is 1.67. The van der Waals surface area contributed by atoms with Gasteiger partial charge in [0.25, 0.3) is 0 Å². The Kier molecular flexibility index (Phi) is 2.72. The molecule has 0 radical (unpaired) electrons. The molecule has 3 nitrogen and oxygen atoms in total. The van der Waals surface area contributed by atoms with Gasteiger partial charge >= 0.3 is 0 Å². The van der Waals surface area contributed by atoms with Gasteiger partial charge in [0.15, 0.2) is 0 Å². The van der Waals surface area contributed by atoms with E-state index in [9.17, 15) is 0 Å². The van der Waals surface area contributed by atoms with E-state index in [1.165, 1.54) is 55.5 Å². The second kappa shape index (κ2) is 4.21. The molecule has 0 bridgehead atoms. The predicted octanol–water partition coefficient (Wildman–Crippen LogP) is 2.13. The number of rotatable bonds is 2. The molecule has 0 spiro atoms. The molecule has 1 heterocycles. The summed E-state index contributed by atoms with van der Waals surface area (Å²) < 4.78 is 0. The highest BCUT2D eigenvalue weighted by atomic mass is 15.1. The predicted molar refractivity (Wildman–Crippen MR) is 64.4 cm³/mol. The third-order valence-corrected chi connectivity index (χ3v) is 4.36. The van der Waals surface area contributed by atoms with Crippen molar-refractivity contribution in [2.24, 2.45) is 11.7 Å². The average molecular weight is 219 g/mol. The molecule has 0 aliphatic heterocycles. The number of aromatic amines is 1. The minimum absolute atomic E-state index is 0.671. The van der Waals surface area contributed by atoms with Crippen molar-refractivity contribution in [1.82, 2.24) is 10.2 Å². The van der Waals surface area contributed by atoms with Gasteiger partial charge in [-0.15, -0.1) is 0 Å². The summed E-state index contributed by atoms with van der Waals surface area (Å²) in [5.74, 6) is 1.42. The Hall–Kier alpha value is -0.830. The quantitative estimate of drug-likeness (QED) is 0.800. The number of nitrogens with zero attached hydrogens (tertiary/aromatic N) is 1. The SMILES string of the molecule is NCC1CCc2c(C3CCCC3)n[nH]c2C1. The highest BCUT2D eigenvalue weighted by Crippen LogP contribution is 2.37. The summed E-state index contributed by atoms with van der Waals surface area (Å²) in [6.45, 7) is 0.817. The summed E-state index contributed by atoms with van der Waals surface area (Å²) >= 11 is 0. The van der Waals surface area contributed by atoms with E-state index in [-0.39, 0.29) is 0 Å². The van der Waals surface area contributed by atoms with E-state index in [1.54, 1.807) is 0 Å². The number of nitrogens with two attached hydrogens (primary N) is 1. The van der Waals surface area contributed by atoms with Crippen LogP contribution in [0.25, 0.3) is 0 Å². The Labute approximate surface area is 96.8 Å². The van der Waals surface area contributed by atoms with Gasteiger partial charge in [0.1, 0.15) is 0 Å². The van der Waals surface area contributed by atoms with Crippen LogP contribution in [-0.2, 0) is 12.8 Å². The van der Waals surface area contributed by atoms with Crippen LogP contribution in [0.5, 0.6) is 0 Å². The zero-order valence-corrected chi connectivity index (χ0v) is 9.84. The average Bonchev–Trinajstić information content (AvgIpc) is 2.96. The van der Waals surface area contributed by atoms with Crippen LogP contribution in [0, 0.1) is 5.92 Å². The Morgan fingerprint density at radius 2 is 2.06 bits per heavy atom. The number of hydrogen-bond acceptors (Lipinski definition) is 2. The Morgan fingerprint density at radius 3 is 2.81 bits per heavy atom. The molecule has 2 aliphatic carbocycles. The number of H-pyrrole nitrogens is 1. The molecule has 1 saturated carbocycles. The van der Waals surface area contributed by atoms with E-state index < -0.39 is 0 Å². The van der Waals surface area contributed by atoms with Crippen LogP contribution in [0.1, 0.15) is 55.0 Å². The smallest absolute Gasteiger partial charge is 0.0687 e. The fraction of sp³-hybridized carbons (Fsp3) is 0.769. The van der Waals surface area contributed by atoms with Crippen LogP contribution in [-0.4, -0.2) is 16.7 Å². The number of aromatic nitrogens is 2. The zero-order chi connectivity index (χ0) is 11.0. The Morgan fingerprint density at radius 1 is 1.25 bits per heavy atom. The number of hydrogen-bond donors (Lipinski definition) is 2. The molecular formula is C13H21N3. The molecule has 0 amide bonds. The third-order valence-electron chi connectivity index (χ3n) is 4.36. The van der Waals surface area contributed by atoms with Gasteiger partial charge in [-0.2, -0.15) is 5.10 Å². The van der Waals surface area contributed by atoms with Crippen molar-refractivity contribution in [3.05, 3.63) is 17.0 Å². The zero-order valence-electron chi connectivity index (χ0n) is 9.84. The number of nitrogens with one attached hydrogen (secondary N) is 1. The molecule has 3 N–H and O–H groups in total. The van der Waals surface area contributed by atoms with Crippen molar-refractivity contribution in [2.75, 3.05) is 6.54 Å². The molecule has 1 atom stereocenters. The van der Waals surface area contributed by atoms with Crippen molar-refractivity contribution in [2.45, 2.75) is 50.9 Å². The summed E-state index contributed by atoms with van der Waals surface area (Å²) in [6, 6.07) is 0. The van der Waals surface area contributed by atoms with E-state index >= 15 is 0 Å². The van der Waals surface area contributed by atoms with Crippen molar-refractivity contribution in [3.8, 4) is 0 Å². The molecular weight excluding hydrogens is 198 g/mol. The first-order valence-corrected chi connectivity index (χ1v) is 6.64. The normalized spacial score (nSPS) is 25.9. The Bertz CT molecular complexity index is 363.